The van der Waals surface area contributed by atoms with Crippen molar-refractivity contribution in [3.8, 4) is 0 Å². The molecular formula is C20H33NO3S. The lowest BCUT2D eigenvalue weighted by molar-refractivity contribution is 0.0215. The summed E-state index contributed by atoms with van der Waals surface area (Å²) in [6, 6.07) is 10.3. The zero-order valence-electron chi connectivity index (χ0n) is 16.2. The Morgan fingerprint density at radius 1 is 1.12 bits per heavy atom. The van der Waals surface area contributed by atoms with Gasteiger partial charge in [-0.25, -0.2) is 4.79 Å². The van der Waals surface area contributed by atoms with Gasteiger partial charge >= 0.3 is 6.09 Å². The Hall–Kier alpha value is -1.20. The van der Waals surface area contributed by atoms with Crippen molar-refractivity contribution in [2.75, 3.05) is 31.2 Å². The summed E-state index contributed by atoms with van der Waals surface area (Å²) in [4.78, 5) is 14.5. The summed E-state index contributed by atoms with van der Waals surface area (Å²) in [5.41, 5.74) is 0.548. The number of rotatable bonds is 9. The highest BCUT2D eigenvalue weighted by Crippen LogP contribution is 2.25. The highest BCUT2D eigenvalue weighted by molar-refractivity contribution is 7.99. The molecule has 0 aliphatic rings. The zero-order chi connectivity index (χ0) is 18.9. The molecule has 4 nitrogen and oxygen atoms in total. The second-order valence-electron chi connectivity index (χ2n) is 7.84. The predicted octanol–water partition coefficient (Wildman–Crippen LogP) is 4.32. The van der Waals surface area contributed by atoms with Crippen LogP contribution in [0.3, 0.4) is 0 Å². The number of amides is 1. The molecule has 142 valence electrons. The van der Waals surface area contributed by atoms with E-state index in [1.807, 2.05) is 43.9 Å². The van der Waals surface area contributed by atoms with E-state index in [0.717, 1.165) is 17.9 Å². The molecule has 0 atom stereocenters. The Labute approximate surface area is 156 Å². The topological polar surface area (TPSA) is 49.8 Å². The average molecular weight is 368 g/mol. The van der Waals surface area contributed by atoms with Gasteiger partial charge in [-0.05, 0) is 38.5 Å². The van der Waals surface area contributed by atoms with Crippen molar-refractivity contribution < 1.29 is 14.6 Å². The number of hydrogen-bond acceptors (Lipinski definition) is 4. The van der Waals surface area contributed by atoms with Gasteiger partial charge in [-0.3, -0.25) is 0 Å². The van der Waals surface area contributed by atoms with Crippen LogP contribution in [0, 0.1) is 0 Å². The quantitative estimate of drug-likeness (QED) is 0.661. The Balaban J connectivity index is 2.77. The van der Waals surface area contributed by atoms with Gasteiger partial charge in [0.15, 0.2) is 0 Å². The number of ether oxygens (including phenoxy) is 1. The van der Waals surface area contributed by atoms with Gasteiger partial charge < -0.3 is 14.7 Å². The summed E-state index contributed by atoms with van der Waals surface area (Å²) in [6.45, 7) is 11.4. The lowest BCUT2D eigenvalue weighted by Gasteiger charge is -2.34. The molecule has 0 fully saturated rings. The van der Waals surface area contributed by atoms with Crippen LogP contribution in [0.25, 0.3) is 0 Å². The van der Waals surface area contributed by atoms with E-state index in [4.69, 9.17) is 9.84 Å². The summed E-state index contributed by atoms with van der Waals surface area (Å²) in [7, 11) is 0. The molecule has 0 heterocycles. The van der Waals surface area contributed by atoms with Gasteiger partial charge in [0, 0.05) is 24.3 Å². The summed E-state index contributed by atoms with van der Waals surface area (Å²) in [5.74, 6) is 1.66. The van der Waals surface area contributed by atoms with Gasteiger partial charge in [0.2, 0.25) is 0 Å². The normalized spacial score (nSPS) is 12.1. The van der Waals surface area contributed by atoms with Crippen LogP contribution in [0.1, 0.15) is 46.6 Å². The highest BCUT2D eigenvalue weighted by atomic mass is 32.2. The molecule has 0 bridgehead atoms. The molecule has 1 N–H and O–H groups in total. The maximum atomic E-state index is 12.6. The van der Waals surface area contributed by atoms with Crippen LogP contribution in [0.5, 0.6) is 0 Å². The lowest BCUT2D eigenvalue weighted by Crippen LogP contribution is -2.44. The molecule has 0 saturated carbocycles. The van der Waals surface area contributed by atoms with Gasteiger partial charge in [0.05, 0.1) is 6.61 Å². The van der Waals surface area contributed by atoms with Crippen LogP contribution in [-0.2, 0) is 10.2 Å². The number of aliphatic hydroxyl groups is 1. The van der Waals surface area contributed by atoms with Crippen LogP contribution in [0.2, 0.25) is 0 Å². The minimum atomic E-state index is -0.502. The molecule has 25 heavy (non-hydrogen) atoms. The highest BCUT2D eigenvalue weighted by Gasteiger charge is 2.29. The van der Waals surface area contributed by atoms with Gasteiger partial charge in [-0.1, -0.05) is 44.2 Å². The molecule has 0 aliphatic carbocycles. The summed E-state index contributed by atoms with van der Waals surface area (Å²) < 4.78 is 5.60. The van der Waals surface area contributed by atoms with Crippen molar-refractivity contribution in [1.29, 1.82) is 0 Å². The number of carbonyl (C=O) groups excluding carboxylic acids is 1. The average Bonchev–Trinajstić information content (AvgIpc) is 2.52. The van der Waals surface area contributed by atoms with E-state index in [0.29, 0.717) is 13.1 Å². The smallest absolute Gasteiger partial charge is 0.410 e. The van der Waals surface area contributed by atoms with Gasteiger partial charge in [0.1, 0.15) is 5.60 Å². The maximum absolute atomic E-state index is 12.6. The number of aliphatic hydroxyl groups excluding tert-OH is 1. The zero-order valence-corrected chi connectivity index (χ0v) is 17.1. The molecule has 0 spiro atoms. The molecule has 0 aromatic heterocycles. The Bertz CT molecular complexity index is 511. The van der Waals surface area contributed by atoms with Crippen molar-refractivity contribution >= 4 is 17.9 Å². The molecule has 0 saturated heterocycles. The molecule has 0 aliphatic heterocycles. The molecule has 1 aromatic carbocycles. The fourth-order valence-electron chi connectivity index (χ4n) is 2.54. The number of carbonyl (C=O) groups is 1. The summed E-state index contributed by atoms with van der Waals surface area (Å²) >= 11 is 1.71. The fraction of sp³-hybridized carbons (Fsp3) is 0.650. The Morgan fingerprint density at radius 3 is 2.32 bits per heavy atom. The van der Waals surface area contributed by atoms with Crippen LogP contribution >= 0.6 is 11.8 Å². The maximum Gasteiger partial charge on any atom is 0.410 e. The molecule has 1 amide bonds. The monoisotopic (exact) mass is 367 g/mol. The van der Waals surface area contributed by atoms with Gasteiger partial charge in [-0.2, -0.15) is 11.8 Å². The Morgan fingerprint density at radius 2 is 1.76 bits per heavy atom. The summed E-state index contributed by atoms with van der Waals surface area (Å²) in [6.07, 6.45) is 0.623. The number of hydrogen-bond donors (Lipinski definition) is 1. The Kier molecular flexibility index (Phi) is 8.80. The van der Waals surface area contributed by atoms with Crippen LogP contribution in [-0.4, -0.2) is 52.9 Å². The third kappa shape index (κ3) is 8.63. The van der Waals surface area contributed by atoms with E-state index < -0.39 is 5.60 Å². The van der Waals surface area contributed by atoms with E-state index in [1.54, 1.807) is 11.8 Å². The van der Waals surface area contributed by atoms with Crippen molar-refractivity contribution in [2.45, 2.75) is 52.1 Å². The minimum absolute atomic E-state index is 0.156. The minimum Gasteiger partial charge on any atom is -0.444 e. The first-order valence-electron chi connectivity index (χ1n) is 8.88. The standard InChI is InChI=1S/C20H33NO3S/c1-19(2,3)24-18(23)21(12-9-14-25-15-13-22)16-20(4,5)17-10-7-6-8-11-17/h6-8,10-11,22H,9,12-16H2,1-5H3. The van der Waals surface area contributed by atoms with Crippen molar-refractivity contribution in [3.63, 3.8) is 0 Å². The first-order chi connectivity index (χ1) is 11.7. The predicted molar refractivity (Wildman–Crippen MR) is 106 cm³/mol. The van der Waals surface area contributed by atoms with Gasteiger partial charge in [-0.15, -0.1) is 0 Å². The van der Waals surface area contributed by atoms with Crippen molar-refractivity contribution in [3.05, 3.63) is 35.9 Å². The second kappa shape index (κ2) is 10.1. The third-order valence-corrected chi connectivity index (χ3v) is 4.79. The van der Waals surface area contributed by atoms with E-state index in [9.17, 15) is 4.79 Å². The molecular weight excluding hydrogens is 334 g/mol. The van der Waals surface area contributed by atoms with E-state index >= 15 is 0 Å². The van der Waals surface area contributed by atoms with E-state index in [2.05, 4.69) is 26.0 Å². The van der Waals surface area contributed by atoms with Crippen LogP contribution < -0.4 is 0 Å². The van der Waals surface area contributed by atoms with Crippen LogP contribution in [0.4, 0.5) is 4.79 Å². The molecule has 1 rings (SSSR count). The first kappa shape index (κ1) is 21.8. The van der Waals surface area contributed by atoms with E-state index in [-0.39, 0.29) is 18.1 Å². The number of thioether (sulfide) groups is 1. The van der Waals surface area contributed by atoms with Crippen LogP contribution in [0.15, 0.2) is 30.3 Å². The SMILES string of the molecule is CC(C)(C)OC(=O)N(CCCSCCO)CC(C)(C)c1ccccc1. The third-order valence-electron chi connectivity index (χ3n) is 3.75. The van der Waals surface area contributed by atoms with Crippen molar-refractivity contribution in [1.82, 2.24) is 4.90 Å². The van der Waals surface area contributed by atoms with E-state index in [1.165, 1.54) is 5.56 Å². The molecule has 1 aromatic rings. The summed E-state index contributed by atoms with van der Waals surface area (Å²) in [5, 5.41) is 8.86. The fourth-order valence-corrected chi connectivity index (χ4v) is 3.21. The van der Waals surface area contributed by atoms with Gasteiger partial charge in [0.25, 0.3) is 0 Å². The first-order valence-corrected chi connectivity index (χ1v) is 10.0. The molecule has 0 unspecified atom stereocenters. The second-order valence-corrected chi connectivity index (χ2v) is 9.07. The van der Waals surface area contributed by atoms with Crippen molar-refractivity contribution in [2.24, 2.45) is 0 Å². The number of benzene rings is 1. The molecule has 0 radical (unpaired) electrons. The molecule has 5 heteroatoms. The number of nitrogens with zero attached hydrogens (tertiary/aromatic N) is 1. The lowest BCUT2D eigenvalue weighted by atomic mass is 9.84. The largest absolute Gasteiger partial charge is 0.444 e.